The molecule has 0 aliphatic rings. The highest BCUT2D eigenvalue weighted by molar-refractivity contribution is 6.31. The molecule has 2 amide bonds. The molecule has 1 aromatic carbocycles. The van der Waals surface area contributed by atoms with Gasteiger partial charge in [0.25, 0.3) is 0 Å². The molecule has 0 spiro atoms. The molecule has 12 heavy (non-hydrogen) atoms. The maximum absolute atomic E-state index is 9.00. The number of hydrogen-bond donors (Lipinski definition) is 3. The van der Waals surface area contributed by atoms with Gasteiger partial charge in [-0.25, -0.2) is 4.79 Å². The van der Waals surface area contributed by atoms with E-state index in [1.54, 1.807) is 24.3 Å². The molecule has 0 saturated heterocycles. The summed E-state index contributed by atoms with van der Waals surface area (Å²) in [5, 5.41) is 9.18. The van der Waals surface area contributed by atoms with Crippen LogP contribution in [-0.2, 0) is 0 Å². The molecule has 0 unspecified atom stereocenters. The molecule has 0 heterocycles. The molecule has 1 rings (SSSR count). The molecule has 0 fully saturated rings. The summed E-state index contributed by atoms with van der Waals surface area (Å²) in [4.78, 5) is 9.00. The Morgan fingerprint density at radius 3 is 2.00 bits per heavy atom. The molecular formula is C7H9ClN2O2. The number of primary amides is 2. The van der Waals surface area contributed by atoms with Gasteiger partial charge in [0, 0.05) is 0 Å². The summed E-state index contributed by atoms with van der Waals surface area (Å²) in [5.41, 5.74) is 8.50. The van der Waals surface area contributed by atoms with Gasteiger partial charge in [-0.2, -0.15) is 0 Å². The van der Waals surface area contributed by atoms with Gasteiger partial charge in [0.05, 0.1) is 5.02 Å². The third kappa shape index (κ3) is 5.37. The highest BCUT2D eigenvalue weighted by atomic mass is 35.5. The lowest BCUT2D eigenvalue weighted by atomic mass is 10.3. The first-order valence-electron chi connectivity index (χ1n) is 3.02. The van der Waals surface area contributed by atoms with Gasteiger partial charge in [-0.1, -0.05) is 23.7 Å². The van der Waals surface area contributed by atoms with Gasteiger partial charge in [-0.05, 0) is 12.1 Å². The van der Waals surface area contributed by atoms with Crippen LogP contribution in [0.5, 0.6) is 5.75 Å². The fourth-order valence-electron chi connectivity index (χ4n) is 0.452. The number of benzene rings is 1. The van der Waals surface area contributed by atoms with E-state index in [1.807, 2.05) is 0 Å². The Morgan fingerprint density at radius 1 is 1.33 bits per heavy atom. The van der Waals surface area contributed by atoms with Gasteiger partial charge in [0.2, 0.25) is 0 Å². The molecule has 0 saturated carbocycles. The monoisotopic (exact) mass is 188 g/mol. The van der Waals surface area contributed by atoms with Gasteiger partial charge in [-0.15, -0.1) is 0 Å². The van der Waals surface area contributed by atoms with Crippen LogP contribution in [-0.4, -0.2) is 11.1 Å². The molecule has 0 aromatic heterocycles. The summed E-state index contributed by atoms with van der Waals surface area (Å²) in [6, 6.07) is 5.84. The predicted octanol–water partition coefficient (Wildman–Crippen LogP) is 1.07. The molecule has 0 atom stereocenters. The van der Waals surface area contributed by atoms with E-state index in [0.29, 0.717) is 5.02 Å². The molecule has 5 heteroatoms. The number of urea groups is 1. The molecule has 4 nitrogen and oxygen atoms in total. The topological polar surface area (TPSA) is 89.3 Å². The number of carbonyl (C=O) groups is 1. The number of hydrogen-bond acceptors (Lipinski definition) is 2. The largest absolute Gasteiger partial charge is 0.506 e. The highest BCUT2D eigenvalue weighted by Gasteiger charge is 1.89. The van der Waals surface area contributed by atoms with Crippen molar-refractivity contribution >= 4 is 17.6 Å². The number of phenols is 1. The van der Waals surface area contributed by atoms with E-state index in [1.165, 1.54) is 0 Å². The molecule has 5 N–H and O–H groups in total. The zero-order valence-electron chi connectivity index (χ0n) is 6.20. The number of aromatic hydroxyl groups is 1. The number of para-hydroxylation sites is 1. The van der Waals surface area contributed by atoms with Crippen molar-refractivity contribution in [3.63, 3.8) is 0 Å². The van der Waals surface area contributed by atoms with E-state index in [0.717, 1.165) is 0 Å². The standard InChI is InChI=1S/C6H5ClO.CH4N2O/c7-5-3-1-2-4-6(5)8;2-1(3)4/h1-4,8H;(H4,2,3,4). The lowest BCUT2D eigenvalue weighted by Crippen LogP contribution is -2.18. The average Bonchev–Trinajstić information content (AvgIpc) is 1.94. The van der Waals surface area contributed by atoms with Gasteiger partial charge >= 0.3 is 6.03 Å². The fraction of sp³-hybridized carbons (Fsp3) is 0. The third-order valence-electron chi connectivity index (χ3n) is 0.852. The molecule has 0 radical (unpaired) electrons. The molecule has 1 aromatic rings. The lowest BCUT2D eigenvalue weighted by molar-refractivity contribution is 0.256. The van der Waals surface area contributed by atoms with Crippen LogP contribution in [0.2, 0.25) is 5.02 Å². The Kier molecular flexibility index (Phi) is 4.64. The fourth-order valence-corrected chi connectivity index (χ4v) is 0.587. The van der Waals surface area contributed by atoms with Crippen molar-refractivity contribution in [2.45, 2.75) is 0 Å². The van der Waals surface area contributed by atoms with E-state index in [2.05, 4.69) is 11.5 Å². The first kappa shape index (κ1) is 10.6. The summed E-state index contributed by atoms with van der Waals surface area (Å²) in [7, 11) is 0. The smallest absolute Gasteiger partial charge is 0.309 e. The Labute approximate surface area is 74.7 Å². The summed E-state index contributed by atoms with van der Waals surface area (Å²) >= 11 is 5.46. The van der Waals surface area contributed by atoms with Gasteiger partial charge < -0.3 is 16.6 Å². The molecule has 66 valence electrons. The van der Waals surface area contributed by atoms with Crippen molar-refractivity contribution in [2.75, 3.05) is 0 Å². The predicted molar refractivity (Wildman–Crippen MR) is 46.9 cm³/mol. The second kappa shape index (κ2) is 5.26. The minimum absolute atomic E-state index is 0.133. The normalized spacial score (nSPS) is 8.08. The zero-order valence-corrected chi connectivity index (χ0v) is 6.95. The van der Waals surface area contributed by atoms with E-state index in [-0.39, 0.29) is 5.75 Å². The quantitative estimate of drug-likeness (QED) is 0.569. The van der Waals surface area contributed by atoms with Crippen LogP contribution in [0.4, 0.5) is 4.79 Å². The number of nitrogens with two attached hydrogens (primary N) is 2. The van der Waals surface area contributed by atoms with Crippen LogP contribution < -0.4 is 11.5 Å². The third-order valence-corrected chi connectivity index (χ3v) is 1.17. The minimum atomic E-state index is -0.833. The number of amides is 2. The Hall–Kier alpha value is -1.42. The number of rotatable bonds is 0. The molecule has 0 bridgehead atoms. The van der Waals surface area contributed by atoms with E-state index < -0.39 is 6.03 Å². The molecule has 0 aliphatic heterocycles. The van der Waals surface area contributed by atoms with E-state index in [9.17, 15) is 0 Å². The second-order valence-corrected chi connectivity index (χ2v) is 2.26. The van der Waals surface area contributed by atoms with Gasteiger partial charge in [0.15, 0.2) is 0 Å². The summed E-state index contributed by atoms with van der Waals surface area (Å²) < 4.78 is 0. The van der Waals surface area contributed by atoms with E-state index in [4.69, 9.17) is 21.5 Å². The first-order valence-corrected chi connectivity index (χ1v) is 3.40. The zero-order chi connectivity index (χ0) is 9.56. The SMILES string of the molecule is NC(N)=O.Oc1ccccc1Cl. The van der Waals surface area contributed by atoms with Crippen LogP contribution in [0.15, 0.2) is 24.3 Å². The van der Waals surface area contributed by atoms with Crippen molar-refractivity contribution in [1.29, 1.82) is 0 Å². The lowest BCUT2D eigenvalue weighted by Gasteiger charge is -1.89. The molecular weight excluding hydrogens is 180 g/mol. The first-order chi connectivity index (χ1) is 5.54. The van der Waals surface area contributed by atoms with Crippen LogP contribution >= 0.6 is 11.6 Å². The molecule has 0 aliphatic carbocycles. The number of halogens is 1. The van der Waals surface area contributed by atoms with Crippen molar-refractivity contribution < 1.29 is 9.90 Å². The van der Waals surface area contributed by atoms with Gasteiger partial charge in [0.1, 0.15) is 5.75 Å². The minimum Gasteiger partial charge on any atom is -0.506 e. The van der Waals surface area contributed by atoms with Crippen molar-refractivity contribution in [1.82, 2.24) is 0 Å². The Bertz CT molecular complexity index is 240. The van der Waals surface area contributed by atoms with Gasteiger partial charge in [-0.3, -0.25) is 0 Å². The highest BCUT2D eigenvalue weighted by Crippen LogP contribution is 2.20. The van der Waals surface area contributed by atoms with Crippen LogP contribution in [0.3, 0.4) is 0 Å². The second-order valence-electron chi connectivity index (χ2n) is 1.85. The van der Waals surface area contributed by atoms with Crippen LogP contribution in [0.25, 0.3) is 0 Å². The van der Waals surface area contributed by atoms with Crippen molar-refractivity contribution in [2.24, 2.45) is 11.5 Å². The Balaban J connectivity index is 0.000000261. The number of phenolic OH excluding ortho intramolecular Hbond substituents is 1. The number of carbonyl (C=O) groups excluding carboxylic acids is 1. The van der Waals surface area contributed by atoms with Crippen molar-refractivity contribution in [3.8, 4) is 5.75 Å². The summed E-state index contributed by atoms with van der Waals surface area (Å²) in [5.74, 6) is 0.133. The maximum Gasteiger partial charge on any atom is 0.309 e. The van der Waals surface area contributed by atoms with Crippen LogP contribution in [0, 0.1) is 0 Å². The summed E-state index contributed by atoms with van der Waals surface area (Å²) in [6.45, 7) is 0. The summed E-state index contributed by atoms with van der Waals surface area (Å²) in [6.07, 6.45) is 0. The average molecular weight is 189 g/mol. The van der Waals surface area contributed by atoms with Crippen molar-refractivity contribution in [3.05, 3.63) is 29.3 Å². The van der Waals surface area contributed by atoms with E-state index >= 15 is 0 Å². The van der Waals surface area contributed by atoms with Crippen LogP contribution in [0.1, 0.15) is 0 Å². The Morgan fingerprint density at radius 2 is 1.75 bits per heavy atom. The maximum atomic E-state index is 9.00.